The minimum absolute atomic E-state index is 0.997. The largest absolute Gasteiger partial charge is 0.301 e. The minimum atomic E-state index is 0.997. The third-order valence-corrected chi connectivity index (χ3v) is 5.02. The zero-order valence-corrected chi connectivity index (χ0v) is 14.8. The molecule has 0 aliphatic carbocycles. The van der Waals surface area contributed by atoms with E-state index in [1.54, 1.807) is 0 Å². The molecule has 3 aliphatic heterocycles. The monoisotopic (exact) mass is 330 g/mol. The van der Waals surface area contributed by atoms with Gasteiger partial charge in [-0.1, -0.05) is 0 Å². The van der Waals surface area contributed by atoms with Crippen molar-refractivity contribution in [3.63, 3.8) is 0 Å². The smallest absolute Gasteiger partial charge is 0.132 e. The highest BCUT2D eigenvalue weighted by molar-refractivity contribution is 4.99. The molecule has 0 bridgehead atoms. The molecule has 0 amide bonds. The molecule has 0 radical (unpaired) electrons. The summed E-state index contributed by atoms with van der Waals surface area (Å²) in [6.45, 7) is 11.3. The first-order valence-corrected chi connectivity index (χ1v) is 9.75. The molecule has 1 aromatic heterocycles. The summed E-state index contributed by atoms with van der Waals surface area (Å²) in [4.78, 5) is 21.7. The highest BCUT2D eigenvalue weighted by Crippen LogP contribution is 2.11. The number of aryl methyl sites for hydroxylation is 3. The second-order valence-corrected chi connectivity index (χ2v) is 7.42. The van der Waals surface area contributed by atoms with Crippen LogP contribution in [0.2, 0.25) is 0 Å². The second-order valence-electron chi connectivity index (χ2n) is 7.42. The summed E-state index contributed by atoms with van der Waals surface area (Å²) in [6.07, 6.45) is 6.51. The summed E-state index contributed by atoms with van der Waals surface area (Å²) in [5, 5.41) is 0. The van der Waals surface area contributed by atoms with Gasteiger partial charge in [-0.3, -0.25) is 0 Å². The molecular weight excluding hydrogens is 300 g/mol. The van der Waals surface area contributed by atoms with Crippen LogP contribution in [0, 0.1) is 0 Å². The Bertz CT molecular complexity index is 448. The van der Waals surface area contributed by atoms with Crippen LogP contribution in [0.4, 0.5) is 0 Å². The van der Waals surface area contributed by atoms with Crippen molar-refractivity contribution in [3.05, 3.63) is 17.5 Å². The van der Waals surface area contributed by atoms with E-state index in [4.69, 9.17) is 15.0 Å². The Balaban J connectivity index is 1.31. The van der Waals surface area contributed by atoms with Crippen molar-refractivity contribution in [2.75, 3.05) is 58.9 Å². The SMILES string of the molecule is C(Cc1nc(CCCN2CC2)nc(CCCN2CC2)n1)CN1CC1. The lowest BCUT2D eigenvalue weighted by Gasteiger charge is -2.08. The Morgan fingerprint density at radius 1 is 0.500 bits per heavy atom. The first-order chi connectivity index (χ1) is 11.8. The zero-order valence-electron chi connectivity index (χ0n) is 14.8. The van der Waals surface area contributed by atoms with Gasteiger partial charge in [0.2, 0.25) is 0 Å². The van der Waals surface area contributed by atoms with Crippen LogP contribution in [0.3, 0.4) is 0 Å². The van der Waals surface area contributed by atoms with E-state index in [-0.39, 0.29) is 0 Å². The van der Waals surface area contributed by atoms with E-state index in [2.05, 4.69) is 14.7 Å². The summed E-state index contributed by atoms with van der Waals surface area (Å²) in [6, 6.07) is 0. The molecule has 1 aromatic rings. The van der Waals surface area contributed by atoms with Gasteiger partial charge in [0.25, 0.3) is 0 Å². The molecule has 0 spiro atoms. The van der Waals surface area contributed by atoms with Gasteiger partial charge < -0.3 is 14.7 Å². The topological polar surface area (TPSA) is 47.7 Å². The maximum absolute atomic E-state index is 4.75. The van der Waals surface area contributed by atoms with Crippen LogP contribution in [0.5, 0.6) is 0 Å². The predicted octanol–water partition coefficient (Wildman–Crippen LogP) is 0.616. The second kappa shape index (κ2) is 7.85. The Morgan fingerprint density at radius 2 is 0.792 bits per heavy atom. The van der Waals surface area contributed by atoms with E-state index < -0.39 is 0 Å². The van der Waals surface area contributed by atoms with Crippen molar-refractivity contribution in [2.24, 2.45) is 0 Å². The van der Waals surface area contributed by atoms with Gasteiger partial charge in [0.1, 0.15) is 17.5 Å². The molecule has 132 valence electrons. The van der Waals surface area contributed by atoms with Gasteiger partial charge in [0.05, 0.1) is 0 Å². The first-order valence-electron chi connectivity index (χ1n) is 9.75. The lowest BCUT2D eigenvalue weighted by atomic mass is 10.2. The third-order valence-electron chi connectivity index (χ3n) is 5.02. The zero-order chi connectivity index (χ0) is 16.2. The number of hydrogen-bond acceptors (Lipinski definition) is 6. The van der Waals surface area contributed by atoms with Gasteiger partial charge in [-0.15, -0.1) is 0 Å². The van der Waals surface area contributed by atoms with E-state index in [1.807, 2.05) is 0 Å². The molecule has 6 heteroatoms. The standard InChI is InChI=1S/C18H30N6/c1(7-22-10-11-22)4-16-19-17(5-2-8-23-12-13-23)21-18(20-16)6-3-9-24-14-15-24/h1-15H2. The number of aromatic nitrogens is 3. The van der Waals surface area contributed by atoms with Crippen LogP contribution in [0.15, 0.2) is 0 Å². The van der Waals surface area contributed by atoms with Crippen molar-refractivity contribution in [1.82, 2.24) is 29.7 Å². The maximum atomic E-state index is 4.75. The lowest BCUT2D eigenvalue weighted by Crippen LogP contribution is -2.12. The van der Waals surface area contributed by atoms with E-state index in [0.29, 0.717) is 0 Å². The van der Waals surface area contributed by atoms with Crippen LogP contribution in [0.1, 0.15) is 36.7 Å². The van der Waals surface area contributed by atoms with E-state index in [1.165, 1.54) is 78.2 Å². The van der Waals surface area contributed by atoms with Crippen LogP contribution in [0.25, 0.3) is 0 Å². The summed E-state index contributed by atoms with van der Waals surface area (Å²) in [5.41, 5.74) is 0. The van der Waals surface area contributed by atoms with Crippen LogP contribution < -0.4 is 0 Å². The Hall–Kier alpha value is -1.11. The normalized spacial score (nSPS) is 20.5. The Labute approximate surface area is 145 Å². The first kappa shape index (κ1) is 16.4. The maximum Gasteiger partial charge on any atom is 0.132 e. The Morgan fingerprint density at radius 3 is 1.04 bits per heavy atom. The average molecular weight is 330 g/mol. The molecule has 3 saturated heterocycles. The Kier molecular flexibility index (Phi) is 5.35. The molecule has 4 rings (SSSR count). The van der Waals surface area contributed by atoms with Crippen molar-refractivity contribution in [1.29, 1.82) is 0 Å². The molecular formula is C18H30N6. The summed E-state index contributed by atoms with van der Waals surface area (Å²) >= 11 is 0. The molecule has 0 N–H and O–H groups in total. The molecule has 6 nitrogen and oxygen atoms in total. The van der Waals surface area contributed by atoms with Crippen LogP contribution >= 0.6 is 0 Å². The average Bonchev–Trinajstić information content (AvgIpc) is 3.42. The van der Waals surface area contributed by atoms with Crippen LogP contribution in [-0.2, 0) is 19.3 Å². The molecule has 0 saturated carbocycles. The van der Waals surface area contributed by atoms with E-state index in [9.17, 15) is 0 Å². The molecule has 4 heterocycles. The van der Waals surface area contributed by atoms with Gasteiger partial charge in [-0.05, 0) is 38.9 Å². The van der Waals surface area contributed by atoms with E-state index in [0.717, 1.165) is 36.7 Å². The van der Waals surface area contributed by atoms with Crippen molar-refractivity contribution < 1.29 is 0 Å². The third kappa shape index (κ3) is 5.76. The fraction of sp³-hybridized carbons (Fsp3) is 0.833. The molecule has 24 heavy (non-hydrogen) atoms. The van der Waals surface area contributed by atoms with Crippen molar-refractivity contribution in [3.8, 4) is 0 Å². The molecule has 3 aliphatic rings. The van der Waals surface area contributed by atoms with Gasteiger partial charge in [0, 0.05) is 58.5 Å². The van der Waals surface area contributed by atoms with Gasteiger partial charge in [0.15, 0.2) is 0 Å². The molecule has 0 atom stereocenters. The predicted molar refractivity (Wildman–Crippen MR) is 94.1 cm³/mol. The number of hydrogen-bond donors (Lipinski definition) is 0. The fourth-order valence-electron chi connectivity index (χ4n) is 3.12. The van der Waals surface area contributed by atoms with Crippen molar-refractivity contribution in [2.45, 2.75) is 38.5 Å². The summed E-state index contributed by atoms with van der Waals surface area (Å²) < 4.78 is 0. The number of nitrogens with zero attached hydrogens (tertiary/aromatic N) is 6. The summed E-state index contributed by atoms with van der Waals surface area (Å²) in [5.74, 6) is 3.07. The molecule has 3 fully saturated rings. The fourth-order valence-corrected chi connectivity index (χ4v) is 3.12. The highest BCUT2D eigenvalue weighted by atomic mass is 15.3. The van der Waals surface area contributed by atoms with Crippen molar-refractivity contribution >= 4 is 0 Å². The highest BCUT2D eigenvalue weighted by Gasteiger charge is 2.18. The lowest BCUT2D eigenvalue weighted by molar-refractivity contribution is 0.513. The van der Waals surface area contributed by atoms with Gasteiger partial charge in [-0.25, -0.2) is 15.0 Å². The molecule has 0 unspecified atom stereocenters. The van der Waals surface area contributed by atoms with E-state index >= 15 is 0 Å². The number of rotatable bonds is 12. The quantitative estimate of drug-likeness (QED) is 0.524. The minimum Gasteiger partial charge on any atom is -0.301 e. The van der Waals surface area contributed by atoms with Gasteiger partial charge >= 0.3 is 0 Å². The summed E-state index contributed by atoms with van der Waals surface area (Å²) in [7, 11) is 0. The van der Waals surface area contributed by atoms with Gasteiger partial charge in [-0.2, -0.15) is 0 Å². The molecule has 0 aromatic carbocycles. The van der Waals surface area contributed by atoms with Crippen LogP contribution in [-0.4, -0.2) is 88.6 Å².